The number of amides is 1. The van der Waals surface area contributed by atoms with Gasteiger partial charge in [-0.25, -0.2) is 0 Å². The lowest BCUT2D eigenvalue weighted by molar-refractivity contribution is 0.102. The van der Waals surface area contributed by atoms with Crippen molar-refractivity contribution in [3.8, 4) is 0 Å². The molecule has 146 valence electrons. The Labute approximate surface area is 169 Å². The molecule has 3 N–H and O–H groups in total. The highest BCUT2D eigenvalue weighted by Crippen LogP contribution is 2.25. The van der Waals surface area contributed by atoms with E-state index in [1.807, 2.05) is 72.2 Å². The molecular formula is C23H23N5O. The third-order valence-corrected chi connectivity index (χ3v) is 4.82. The zero-order valence-corrected chi connectivity index (χ0v) is 16.5. The Morgan fingerprint density at radius 3 is 2.41 bits per heavy atom. The molecule has 0 aliphatic rings. The number of nitrogens with two attached hydrogens (primary N) is 1. The molecule has 3 aromatic carbocycles. The van der Waals surface area contributed by atoms with Crippen LogP contribution in [0.5, 0.6) is 0 Å². The predicted molar refractivity (Wildman–Crippen MR) is 118 cm³/mol. The van der Waals surface area contributed by atoms with Gasteiger partial charge in [-0.15, -0.1) is 0 Å². The Morgan fingerprint density at radius 2 is 1.69 bits per heavy atom. The number of hydrogen-bond acceptors (Lipinski definition) is 4. The third kappa shape index (κ3) is 3.78. The van der Waals surface area contributed by atoms with E-state index in [0.717, 1.165) is 22.3 Å². The van der Waals surface area contributed by atoms with Gasteiger partial charge in [-0.05, 0) is 42.0 Å². The summed E-state index contributed by atoms with van der Waals surface area (Å²) in [7, 11) is 3.98. The summed E-state index contributed by atoms with van der Waals surface area (Å²) in [5, 5.41) is 8.72. The van der Waals surface area contributed by atoms with Gasteiger partial charge in [0.15, 0.2) is 5.82 Å². The molecule has 0 saturated carbocycles. The topological polar surface area (TPSA) is 76.2 Å². The van der Waals surface area contributed by atoms with Crippen molar-refractivity contribution in [2.45, 2.75) is 6.54 Å². The Kier molecular flexibility index (Phi) is 4.91. The maximum atomic E-state index is 12.5. The first kappa shape index (κ1) is 18.6. The van der Waals surface area contributed by atoms with E-state index in [9.17, 15) is 4.79 Å². The zero-order chi connectivity index (χ0) is 20.4. The standard InChI is InChI=1S/C23H23N5O/c1-27(2)22-18-7-3-6-10-21(18)28(26-22)15-16-11-13-17(14-12-16)23(29)25-20-9-5-4-8-19(20)24/h3-14H,15,24H2,1-2H3,(H,25,29). The van der Waals surface area contributed by atoms with Gasteiger partial charge in [0.05, 0.1) is 23.4 Å². The monoisotopic (exact) mass is 385 g/mol. The van der Waals surface area contributed by atoms with Crippen LogP contribution < -0.4 is 16.0 Å². The summed E-state index contributed by atoms with van der Waals surface area (Å²) >= 11 is 0. The number of benzene rings is 3. The van der Waals surface area contributed by atoms with Crippen molar-refractivity contribution in [2.24, 2.45) is 0 Å². The number of hydrogen-bond donors (Lipinski definition) is 2. The molecule has 1 heterocycles. The number of nitrogens with zero attached hydrogens (tertiary/aromatic N) is 3. The molecular weight excluding hydrogens is 362 g/mol. The lowest BCUT2D eigenvalue weighted by Crippen LogP contribution is -2.13. The minimum absolute atomic E-state index is 0.186. The van der Waals surface area contributed by atoms with Gasteiger partial charge in [0.2, 0.25) is 0 Å². The van der Waals surface area contributed by atoms with Crippen LogP contribution in [0.25, 0.3) is 10.9 Å². The van der Waals surface area contributed by atoms with E-state index < -0.39 is 0 Å². The molecule has 29 heavy (non-hydrogen) atoms. The van der Waals surface area contributed by atoms with Gasteiger partial charge in [0.1, 0.15) is 0 Å². The summed E-state index contributed by atoms with van der Waals surface area (Å²) in [5.74, 6) is 0.755. The quantitative estimate of drug-likeness (QED) is 0.510. The molecule has 6 nitrogen and oxygen atoms in total. The van der Waals surface area contributed by atoms with E-state index >= 15 is 0 Å². The van der Waals surface area contributed by atoms with Crippen molar-refractivity contribution in [2.75, 3.05) is 30.0 Å². The number of nitrogens with one attached hydrogen (secondary N) is 1. The smallest absolute Gasteiger partial charge is 0.255 e. The van der Waals surface area contributed by atoms with Crippen molar-refractivity contribution in [1.82, 2.24) is 9.78 Å². The second-order valence-corrected chi connectivity index (χ2v) is 7.13. The normalized spacial score (nSPS) is 10.8. The van der Waals surface area contributed by atoms with Gasteiger partial charge in [0, 0.05) is 25.0 Å². The number of fused-ring (bicyclic) bond motifs is 1. The lowest BCUT2D eigenvalue weighted by Gasteiger charge is -2.09. The van der Waals surface area contributed by atoms with Crippen LogP contribution in [0.3, 0.4) is 0 Å². The van der Waals surface area contributed by atoms with Crippen LogP contribution in [0, 0.1) is 0 Å². The number of anilines is 3. The SMILES string of the molecule is CN(C)c1nn(Cc2ccc(C(=O)Nc3ccccc3N)cc2)c2ccccc12. The van der Waals surface area contributed by atoms with Crippen molar-refractivity contribution >= 4 is 34.0 Å². The average molecular weight is 385 g/mol. The Morgan fingerprint density at radius 1 is 1.00 bits per heavy atom. The summed E-state index contributed by atoms with van der Waals surface area (Å²) in [4.78, 5) is 14.5. The van der Waals surface area contributed by atoms with Gasteiger partial charge in [0.25, 0.3) is 5.91 Å². The van der Waals surface area contributed by atoms with Crippen molar-refractivity contribution in [3.63, 3.8) is 0 Å². The first-order valence-electron chi connectivity index (χ1n) is 9.40. The molecule has 0 radical (unpaired) electrons. The summed E-state index contributed by atoms with van der Waals surface area (Å²) in [5.41, 5.74) is 9.78. The molecule has 0 aliphatic carbocycles. The Balaban J connectivity index is 1.54. The number of carbonyl (C=O) groups excluding carboxylic acids is 1. The largest absolute Gasteiger partial charge is 0.397 e. The molecule has 1 aromatic heterocycles. The first-order chi connectivity index (χ1) is 14.0. The highest BCUT2D eigenvalue weighted by Gasteiger charge is 2.12. The number of nitrogen functional groups attached to an aromatic ring is 1. The molecule has 0 unspecified atom stereocenters. The van der Waals surface area contributed by atoms with Gasteiger partial charge >= 0.3 is 0 Å². The van der Waals surface area contributed by atoms with Gasteiger partial charge < -0.3 is 16.0 Å². The molecule has 4 rings (SSSR count). The average Bonchev–Trinajstić information content (AvgIpc) is 3.09. The molecule has 0 bridgehead atoms. The van der Waals surface area contributed by atoms with Crippen LogP contribution in [-0.4, -0.2) is 29.8 Å². The van der Waals surface area contributed by atoms with Gasteiger partial charge in [-0.2, -0.15) is 5.10 Å². The van der Waals surface area contributed by atoms with Crippen LogP contribution in [0.15, 0.2) is 72.8 Å². The second-order valence-electron chi connectivity index (χ2n) is 7.13. The lowest BCUT2D eigenvalue weighted by atomic mass is 10.1. The van der Waals surface area contributed by atoms with E-state index in [1.54, 1.807) is 12.1 Å². The summed E-state index contributed by atoms with van der Waals surface area (Å²) in [6, 6.07) is 23.0. The highest BCUT2D eigenvalue weighted by molar-refractivity contribution is 6.05. The molecule has 0 saturated heterocycles. The number of rotatable bonds is 5. The van der Waals surface area contributed by atoms with Crippen molar-refractivity contribution in [1.29, 1.82) is 0 Å². The number of carbonyl (C=O) groups is 1. The van der Waals surface area contributed by atoms with Crippen molar-refractivity contribution in [3.05, 3.63) is 83.9 Å². The fourth-order valence-electron chi connectivity index (χ4n) is 3.30. The first-order valence-corrected chi connectivity index (χ1v) is 9.40. The van der Waals surface area contributed by atoms with E-state index in [4.69, 9.17) is 10.8 Å². The summed E-state index contributed by atoms with van der Waals surface area (Å²) < 4.78 is 1.99. The minimum Gasteiger partial charge on any atom is -0.397 e. The maximum absolute atomic E-state index is 12.5. The van der Waals surface area contributed by atoms with E-state index in [-0.39, 0.29) is 5.91 Å². The van der Waals surface area contributed by atoms with Crippen LogP contribution in [0.2, 0.25) is 0 Å². The molecule has 6 heteroatoms. The van der Waals surface area contributed by atoms with Crippen LogP contribution in [0.1, 0.15) is 15.9 Å². The van der Waals surface area contributed by atoms with Gasteiger partial charge in [-0.3, -0.25) is 9.48 Å². The highest BCUT2D eigenvalue weighted by atomic mass is 16.1. The molecule has 4 aromatic rings. The van der Waals surface area contributed by atoms with Crippen LogP contribution in [0.4, 0.5) is 17.2 Å². The fraction of sp³-hybridized carbons (Fsp3) is 0.130. The minimum atomic E-state index is -0.186. The van der Waals surface area contributed by atoms with Crippen molar-refractivity contribution < 1.29 is 4.79 Å². The molecule has 1 amide bonds. The van der Waals surface area contributed by atoms with E-state index in [0.29, 0.717) is 23.5 Å². The number of aromatic nitrogens is 2. The molecule has 0 spiro atoms. The van der Waals surface area contributed by atoms with E-state index in [1.165, 1.54) is 0 Å². The molecule has 0 fully saturated rings. The summed E-state index contributed by atoms with van der Waals surface area (Å²) in [6.07, 6.45) is 0. The maximum Gasteiger partial charge on any atom is 0.255 e. The van der Waals surface area contributed by atoms with Gasteiger partial charge in [-0.1, -0.05) is 36.4 Å². The zero-order valence-electron chi connectivity index (χ0n) is 16.5. The molecule has 0 atom stereocenters. The Bertz CT molecular complexity index is 1160. The summed E-state index contributed by atoms with van der Waals surface area (Å²) in [6.45, 7) is 0.627. The van der Waals surface area contributed by atoms with E-state index in [2.05, 4.69) is 17.4 Å². The third-order valence-electron chi connectivity index (χ3n) is 4.82. The predicted octanol–water partition coefficient (Wildman–Crippen LogP) is 3.99. The van der Waals surface area contributed by atoms with Crippen LogP contribution in [-0.2, 0) is 6.54 Å². The fourth-order valence-corrected chi connectivity index (χ4v) is 3.30. The molecule has 0 aliphatic heterocycles. The number of para-hydroxylation sites is 3. The second kappa shape index (κ2) is 7.67. The van der Waals surface area contributed by atoms with Crippen LogP contribution >= 0.6 is 0 Å². The Hall–Kier alpha value is -3.80.